The average Bonchev–Trinajstić information content (AvgIpc) is 2.78. The third kappa shape index (κ3) is 6.31. The Kier molecular flexibility index (Phi) is 8.25. The Morgan fingerprint density at radius 3 is 2.38 bits per heavy atom. The van der Waals surface area contributed by atoms with Crippen molar-refractivity contribution < 1.29 is 9.59 Å². The molecule has 2 N–H and O–H groups in total. The topological polar surface area (TPSA) is 64.7 Å². The molecule has 2 amide bonds. The molecule has 1 saturated heterocycles. The SMILES string of the molecule is CC(C)C(=O)N1CCN(c2c(Cl)cccc2NC(=S)NC(=O)/C=C/c2ccccc2)CC1. The number of para-hydroxylation sites is 1. The summed E-state index contributed by atoms with van der Waals surface area (Å²) in [4.78, 5) is 28.5. The van der Waals surface area contributed by atoms with Gasteiger partial charge in [0.1, 0.15) is 0 Å². The minimum Gasteiger partial charge on any atom is -0.365 e. The summed E-state index contributed by atoms with van der Waals surface area (Å²) >= 11 is 11.9. The van der Waals surface area contributed by atoms with Crippen molar-refractivity contribution in [3.05, 3.63) is 65.2 Å². The van der Waals surface area contributed by atoms with Gasteiger partial charge in [0, 0.05) is 38.2 Å². The fraction of sp³-hybridized carbons (Fsp3) is 0.292. The lowest BCUT2D eigenvalue weighted by molar-refractivity contribution is -0.134. The van der Waals surface area contributed by atoms with Gasteiger partial charge in [-0.25, -0.2) is 0 Å². The van der Waals surface area contributed by atoms with E-state index >= 15 is 0 Å². The second kappa shape index (κ2) is 11.1. The highest BCUT2D eigenvalue weighted by Crippen LogP contribution is 2.34. The first-order valence-corrected chi connectivity index (χ1v) is 11.3. The highest BCUT2D eigenvalue weighted by atomic mass is 35.5. The van der Waals surface area contributed by atoms with Crippen molar-refractivity contribution in [1.29, 1.82) is 0 Å². The first-order valence-electron chi connectivity index (χ1n) is 10.5. The first kappa shape index (κ1) is 23.8. The van der Waals surface area contributed by atoms with Crippen molar-refractivity contribution in [2.45, 2.75) is 13.8 Å². The molecule has 0 unspecified atom stereocenters. The molecule has 6 nitrogen and oxygen atoms in total. The van der Waals surface area contributed by atoms with Gasteiger partial charge in [-0.3, -0.25) is 14.9 Å². The van der Waals surface area contributed by atoms with Crippen molar-refractivity contribution in [3.63, 3.8) is 0 Å². The van der Waals surface area contributed by atoms with Crippen LogP contribution in [0.15, 0.2) is 54.6 Å². The summed E-state index contributed by atoms with van der Waals surface area (Å²) in [5.74, 6) is -0.179. The zero-order valence-electron chi connectivity index (χ0n) is 18.2. The van der Waals surface area contributed by atoms with E-state index in [0.717, 1.165) is 11.3 Å². The first-order chi connectivity index (χ1) is 15.3. The Morgan fingerprint density at radius 2 is 1.72 bits per heavy atom. The van der Waals surface area contributed by atoms with Gasteiger partial charge in [-0.1, -0.05) is 61.8 Å². The average molecular weight is 471 g/mol. The maximum atomic E-state index is 12.3. The third-order valence-corrected chi connectivity index (χ3v) is 5.61. The molecular weight excluding hydrogens is 444 g/mol. The number of hydrogen-bond acceptors (Lipinski definition) is 4. The van der Waals surface area contributed by atoms with Crippen LogP contribution in [0.3, 0.4) is 0 Å². The van der Waals surface area contributed by atoms with Gasteiger partial charge in [-0.2, -0.15) is 0 Å². The molecule has 32 heavy (non-hydrogen) atoms. The van der Waals surface area contributed by atoms with Gasteiger partial charge in [0.05, 0.1) is 16.4 Å². The van der Waals surface area contributed by atoms with Crippen LogP contribution in [0.25, 0.3) is 6.08 Å². The van der Waals surface area contributed by atoms with Gasteiger partial charge in [0.2, 0.25) is 11.8 Å². The fourth-order valence-electron chi connectivity index (χ4n) is 3.50. The molecule has 1 fully saturated rings. The molecule has 0 aromatic heterocycles. The number of nitrogens with zero attached hydrogens (tertiary/aromatic N) is 2. The van der Waals surface area contributed by atoms with E-state index in [9.17, 15) is 9.59 Å². The summed E-state index contributed by atoms with van der Waals surface area (Å²) in [6.45, 7) is 6.41. The van der Waals surface area contributed by atoms with Crippen LogP contribution in [0.2, 0.25) is 5.02 Å². The van der Waals surface area contributed by atoms with E-state index in [1.54, 1.807) is 6.08 Å². The molecule has 3 rings (SSSR count). The summed E-state index contributed by atoms with van der Waals surface area (Å²) in [5, 5.41) is 6.52. The normalized spacial score (nSPS) is 14.0. The van der Waals surface area contributed by atoms with Crippen LogP contribution in [0.5, 0.6) is 0 Å². The largest absolute Gasteiger partial charge is 0.365 e. The summed E-state index contributed by atoms with van der Waals surface area (Å²) in [5.41, 5.74) is 2.44. The molecule has 1 aliphatic heterocycles. The number of rotatable bonds is 5. The van der Waals surface area contributed by atoms with E-state index < -0.39 is 0 Å². The number of hydrogen-bond donors (Lipinski definition) is 2. The summed E-state index contributed by atoms with van der Waals surface area (Å²) in [6.07, 6.45) is 3.16. The Morgan fingerprint density at radius 1 is 1.03 bits per heavy atom. The van der Waals surface area contributed by atoms with Crippen molar-refractivity contribution in [2.75, 3.05) is 36.4 Å². The minimum atomic E-state index is -0.323. The molecule has 1 heterocycles. The lowest BCUT2D eigenvalue weighted by Gasteiger charge is -2.38. The van der Waals surface area contributed by atoms with Crippen LogP contribution in [0, 0.1) is 5.92 Å². The zero-order valence-corrected chi connectivity index (χ0v) is 19.7. The summed E-state index contributed by atoms with van der Waals surface area (Å²) < 4.78 is 0. The number of carbonyl (C=O) groups is 2. The van der Waals surface area contributed by atoms with Crippen LogP contribution in [0.4, 0.5) is 11.4 Å². The quantitative estimate of drug-likeness (QED) is 0.507. The highest BCUT2D eigenvalue weighted by molar-refractivity contribution is 7.80. The third-order valence-electron chi connectivity index (χ3n) is 5.10. The molecule has 0 radical (unpaired) electrons. The maximum absolute atomic E-state index is 12.3. The molecule has 0 bridgehead atoms. The van der Waals surface area contributed by atoms with Crippen LogP contribution in [-0.4, -0.2) is 48.0 Å². The molecular formula is C24H27ClN4O2S. The van der Waals surface area contributed by atoms with E-state index in [0.29, 0.717) is 36.9 Å². The molecule has 0 spiro atoms. The van der Waals surface area contributed by atoms with Crippen LogP contribution < -0.4 is 15.5 Å². The number of thiocarbonyl (C=S) groups is 1. The molecule has 0 saturated carbocycles. The lowest BCUT2D eigenvalue weighted by Crippen LogP contribution is -2.50. The number of carbonyl (C=O) groups excluding carboxylic acids is 2. The Hall–Kier alpha value is -2.90. The fourth-order valence-corrected chi connectivity index (χ4v) is 4.00. The summed E-state index contributed by atoms with van der Waals surface area (Å²) in [6, 6.07) is 15.1. The molecule has 2 aromatic carbocycles. The molecule has 2 aromatic rings. The number of benzene rings is 2. The molecule has 168 valence electrons. The molecule has 1 aliphatic rings. The van der Waals surface area contributed by atoms with E-state index in [4.69, 9.17) is 23.8 Å². The molecule has 0 aliphatic carbocycles. The maximum Gasteiger partial charge on any atom is 0.250 e. The van der Waals surface area contributed by atoms with Crippen LogP contribution in [-0.2, 0) is 9.59 Å². The van der Waals surface area contributed by atoms with Gasteiger partial charge in [-0.15, -0.1) is 0 Å². The van der Waals surface area contributed by atoms with Gasteiger partial charge < -0.3 is 15.1 Å². The molecule has 0 atom stereocenters. The standard InChI is InChI=1S/C24H27ClN4O2S/c1-17(2)23(31)29-15-13-28(14-16-29)22-19(25)9-6-10-20(22)26-24(32)27-21(30)12-11-18-7-4-3-5-8-18/h3-12,17H,13-16H2,1-2H3,(H2,26,27,30,32)/b12-11+. The predicted octanol–water partition coefficient (Wildman–Crippen LogP) is 4.17. The van der Waals surface area contributed by atoms with Gasteiger partial charge in [-0.05, 0) is 36.0 Å². The van der Waals surface area contributed by atoms with Gasteiger partial charge in [0.25, 0.3) is 0 Å². The van der Waals surface area contributed by atoms with E-state index in [1.807, 2.05) is 67.3 Å². The van der Waals surface area contributed by atoms with E-state index in [1.165, 1.54) is 6.08 Å². The number of anilines is 2. The second-order valence-electron chi connectivity index (χ2n) is 7.79. The van der Waals surface area contributed by atoms with E-state index in [2.05, 4.69) is 15.5 Å². The molecule has 8 heteroatoms. The highest BCUT2D eigenvalue weighted by Gasteiger charge is 2.25. The number of amides is 2. The number of nitrogens with one attached hydrogen (secondary N) is 2. The Bertz CT molecular complexity index is 1000. The Labute approximate surface area is 199 Å². The second-order valence-corrected chi connectivity index (χ2v) is 8.61. The smallest absolute Gasteiger partial charge is 0.250 e. The monoisotopic (exact) mass is 470 g/mol. The van der Waals surface area contributed by atoms with Crippen molar-refractivity contribution in [2.24, 2.45) is 5.92 Å². The predicted molar refractivity (Wildman–Crippen MR) is 135 cm³/mol. The van der Waals surface area contributed by atoms with Crippen molar-refractivity contribution >= 4 is 58.2 Å². The van der Waals surface area contributed by atoms with Crippen LogP contribution >= 0.6 is 23.8 Å². The van der Waals surface area contributed by atoms with Gasteiger partial charge >= 0.3 is 0 Å². The lowest BCUT2D eigenvalue weighted by atomic mass is 10.1. The van der Waals surface area contributed by atoms with E-state index in [-0.39, 0.29) is 22.8 Å². The summed E-state index contributed by atoms with van der Waals surface area (Å²) in [7, 11) is 0. The Balaban J connectivity index is 1.63. The van der Waals surface area contributed by atoms with Crippen molar-refractivity contribution in [3.8, 4) is 0 Å². The number of piperazine rings is 1. The van der Waals surface area contributed by atoms with Crippen LogP contribution in [0.1, 0.15) is 19.4 Å². The van der Waals surface area contributed by atoms with Crippen molar-refractivity contribution in [1.82, 2.24) is 10.2 Å². The zero-order chi connectivity index (χ0) is 23.1. The number of halogens is 1. The minimum absolute atomic E-state index is 0.0176. The van der Waals surface area contributed by atoms with Gasteiger partial charge in [0.15, 0.2) is 5.11 Å².